The Bertz CT molecular complexity index is 315. The van der Waals surface area contributed by atoms with Crippen LogP contribution in [0.25, 0.3) is 0 Å². The first-order chi connectivity index (χ1) is 7.59. The quantitative estimate of drug-likeness (QED) is 0.706. The molecule has 1 aliphatic carbocycles. The smallest absolute Gasteiger partial charge is 0.417 e. The highest BCUT2D eigenvalue weighted by atomic mass is 16.6. The van der Waals surface area contributed by atoms with E-state index in [0.29, 0.717) is 12.8 Å². The molecule has 5 nitrogen and oxygen atoms in total. The second-order valence-electron chi connectivity index (χ2n) is 4.43. The van der Waals surface area contributed by atoms with E-state index < -0.39 is 6.09 Å². The van der Waals surface area contributed by atoms with Gasteiger partial charge in [0, 0.05) is 12.0 Å². The van der Waals surface area contributed by atoms with Crippen molar-refractivity contribution < 1.29 is 19.1 Å². The van der Waals surface area contributed by atoms with E-state index in [4.69, 9.17) is 0 Å². The van der Waals surface area contributed by atoms with Gasteiger partial charge in [0.2, 0.25) is 0 Å². The number of imide groups is 1. The average Bonchev–Trinajstić information content (AvgIpc) is 2.59. The van der Waals surface area contributed by atoms with Crippen LogP contribution in [-0.2, 0) is 14.3 Å². The SMILES string of the molecule is CC(=O)[C@H]1CC[C@H](N2C(=O)COC2=O)CC1. The summed E-state index contributed by atoms with van der Waals surface area (Å²) in [5, 5.41) is 0. The summed E-state index contributed by atoms with van der Waals surface area (Å²) >= 11 is 0. The highest BCUT2D eigenvalue weighted by Crippen LogP contribution is 2.29. The summed E-state index contributed by atoms with van der Waals surface area (Å²) in [6.07, 6.45) is 2.42. The van der Waals surface area contributed by atoms with Gasteiger partial charge in [0.25, 0.3) is 5.91 Å². The Morgan fingerprint density at radius 1 is 1.25 bits per heavy atom. The van der Waals surface area contributed by atoms with E-state index >= 15 is 0 Å². The maximum Gasteiger partial charge on any atom is 0.417 e. The van der Waals surface area contributed by atoms with Crippen LogP contribution in [0, 0.1) is 5.92 Å². The van der Waals surface area contributed by atoms with Gasteiger partial charge in [-0.25, -0.2) is 9.69 Å². The Kier molecular flexibility index (Phi) is 2.94. The van der Waals surface area contributed by atoms with Crippen LogP contribution in [-0.4, -0.2) is 35.3 Å². The monoisotopic (exact) mass is 225 g/mol. The molecule has 2 rings (SSSR count). The number of Topliss-reactive ketones (excluding diaryl/α,β-unsaturated/α-hetero) is 1. The molecular weight excluding hydrogens is 210 g/mol. The summed E-state index contributed by atoms with van der Waals surface area (Å²) in [4.78, 5) is 35.1. The van der Waals surface area contributed by atoms with E-state index in [0.717, 1.165) is 12.8 Å². The summed E-state index contributed by atoms with van der Waals surface area (Å²) in [5.41, 5.74) is 0. The molecule has 0 spiro atoms. The van der Waals surface area contributed by atoms with Crippen LogP contribution < -0.4 is 0 Å². The van der Waals surface area contributed by atoms with Crippen LogP contribution in [0.15, 0.2) is 0 Å². The number of carbonyl (C=O) groups excluding carboxylic acids is 3. The first-order valence-electron chi connectivity index (χ1n) is 5.59. The molecule has 88 valence electrons. The lowest BCUT2D eigenvalue weighted by atomic mass is 9.83. The average molecular weight is 225 g/mol. The number of nitrogens with zero attached hydrogens (tertiary/aromatic N) is 1. The summed E-state index contributed by atoms with van der Waals surface area (Å²) in [7, 11) is 0. The minimum atomic E-state index is -0.531. The largest absolute Gasteiger partial charge is 0.439 e. The van der Waals surface area contributed by atoms with Crippen molar-refractivity contribution in [2.75, 3.05) is 6.61 Å². The Morgan fingerprint density at radius 2 is 1.88 bits per heavy atom. The number of carbonyl (C=O) groups is 3. The van der Waals surface area contributed by atoms with Crippen molar-refractivity contribution in [2.45, 2.75) is 38.6 Å². The zero-order valence-electron chi connectivity index (χ0n) is 9.27. The predicted molar refractivity (Wildman–Crippen MR) is 54.6 cm³/mol. The third-order valence-electron chi connectivity index (χ3n) is 3.42. The first-order valence-corrected chi connectivity index (χ1v) is 5.59. The highest BCUT2D eigenvalue weighted by molar-refractivity contribution is 5.98. The van der Waals surface area contributed by atoms with Gasteiger partial charge < -0.3 is 4.74 Å². The number of hydrogen-bond donors (Lipinski definition) is 0. The minimum Gasteiger partial charge on any atom is -0.439 e. The number of hydrogen-bond acceptors (Lipinski definition) is 4. The molecule has 2 amide bonds. The Labute approximate surface area is 93.7 Å². The maximum absolute atomic E-state index is 11.4. The molecule has 5 heteroatoms. The second kappa shape index (κ2) is 4.23. The Balaban J connectivity index is 1.96. The zero-order chi connectivity index (χ0) is 11.7. The molecule has 1 aliphatic heterocycles. The van der Waals surface area contributed by atoms with Crippen molar-refractivity contribution >= 4 is 17.8 Å². The van der Waals surface area contributed by atoms with Crippen molar-refractivity contribution in [3.63, 3.8) is 0 Å². The number of ether oxygens (including phenoxy) is 1. The van der Waals surface area contributed by atoms with Gasteiger partial charge in [-0.05, 0) is 32.6 Å². The molecule has 0 aromatic carbocycles. The first kappa shape index (κ1) is 11.1. The summed E-state index contributed by atoms with van der Waals surface area (Å²) in [5.74, 6) is 0.0509. The van der Waals surface area contributed by atoms with Gasteiger partial charge >= 0.3 is 6.09 Å². The third-order valence-corrected chi connectivity index (χ3v) is 3.42. The molecule has 0 unspecified atom stereocenters. The highest BCUT2D eigenvalue weighted by Gasteiger charge is 2.39. The molecular formula is C11H15NO4. The van der Waals surface area contributed by atoms with Crippen molar-refractivity contribution in [2.24, 2.45) is 5.92 Å². The number of amides is 2. The molecule has 2 aliphatic rings. The number of rotatable bonds is 2. The van der Waals surface area contributed by atoms with Gasteiger partial charge in [0.05, 0.1) is 0 Å². The van der Waals surface area contributed by atoms with Crippen LogP contribution in [0.5, 0.6) is 0 Å². The number of cyclic esters (lactones) is 1. The second-order valence-corrected chi connectivity index (χ2v) is 4.43. The fourth-order valence-electron chi connectivity index (χ4n) is 2.46. The van der Waals surface area contributed by atoms with Crippen LogP contribution >= 0.6 is 0 Å². The van der Waals surface area contributed by atoms with Crippen molar-refractivity contribution in [1.82, 2.24) is 4.90 Å². The topological polar surface area (TPSA) is 63.7 Å². The van der Waals surface area contributed by atoms with Gasteiger partial charge in [-0.2, -0.15) is 0 Å². The van der Waals surface area contributed by atoms with Crippen LogP contribution in [0.4, 0.5) is 4.79 Å². The number of ketones is 1. The Morgan fingerprint density at radius 3 is 2.31 bits per heavy atom. The lowest BCUT2D eigenvalue weighted by Crippen LogP contribution is -2.42. The fourth-order valence-corrected chi connectivity index (χ4v) is 2.46. The molecule has 1 saturated heterocycles. The van der Waals surface area contributed by atoms with Crippen LogP contribution in [0.3, 0.4) is 0 Å². The molecule has 0 radical (unpaired) electrons. The molecule has 0 bridgehead atoms. The molecule has 1 heterocycles. The van der Waals surface area contributed by atoms with Crippen molar-refractivity contribution in [3.05, 3.63) is 0 Å². The van der Waals surface area contributed by atoms with Gasteiger partial charge in [0.1, 0.15) is 5.78 Å². The summed E-state index contributed by atoms with van der Waals surface area (Å²) in [6, 6.07) is -0.0712. The maximum atomic E-state index is 11.4. The zero-order valence-corrected chi connectivity index (χ0v) is 9.27. The van der Waals surface area contributed by atoms with Crippen molar-refractivity contribution in [3.8, 4) is 0 Å². The molecule has 0 aromatic rings. The van der Waals surface area contributed by atoms with Crippen molar-refractivity contribution in [1.29, 1.82) is 0 Å². The standard InChI is InChI=1S/C11H15NO4/c1-7(13)8-2-4-9(5-3-8)12-10(14)6-16-11(12)15/h8-9H,2-6H2,1H3/t8-,9-. The molecule has 16 heavy (non-hydrogen) atoms. The lowest BCUT2D eigenvalue weighted by Gasteiger charge is -2.30. The summed E-state index contributed by atoms with van der Waals surface area (Å²) in [6.45, 7) is 1.46. The normalized spacial score (nSPS) is 30.4. The summed E-state index contributed by atoms with van der Waals surface area (Å²) < 4.78 is 4.68. The van der Waals surface area contributed by atoms with E-state index in [-0.39, 0.29) is 30.3 Å². The Hall–Kier alpha value is -1.39. The molecule has 2 fully saturated rings. The van der Waals surface area contributed by atoms with E-state index in [1.54, 1.807) is 6.92 Å². The fraction of sp³-hybridized carbons (Fsp3) is 0.727. The van der Waals surface area contributed by atoms with Gasteiger partial charge in [-0.3, -0.25) is 9.59 Å². The van der Waals surface area contributed by atoms with Gasteiger partial charge in [-0.15, -0.1) is 0 Å². The molecule has 0 N–H and O–H groups in total. The van der Waals surface area contributed by atoms with E-state index in [9.17, 15) is 14.4 Å². The predicted octanol–water partition coefficient (Wildman–Crippen LogP) is 1.11. The van der Waals surface area contributed by atoms with E-state index in [1.165, 1.54) is 4.90 Å². The van der Waals surface area contributed by atoms with Crippen LogP contribution in [0.2, 0.25) is 0 Å². The van der Waals surface area contributed by atoms with Gasteiger partial charge in [-0.1, -0.05) is 0 Å². The lowest BCUT2D eigenvalue weighted by molar-refractivity contribution is -0.128. The van der Waals surface area contributed by atoms with Gasteiger partial charge in [0.15, 0.2) is 6.61 Å². The van der Waals surface area contributed by atoms with Crippen LogP contribution in [0.1, 0.15) is 32.6 Å². The van der Waals surface area contributed by atoms with E-state index in [2.05, 4.69) is 4.74 Å². The molecule has 1 saturated carbocycles. The molecule has 0 atom stereocenters. The van der Waals surface area contributed by atoms with E-state index in [1.807, 2.05) is 0 Å². The molecule has 0 aromatic heterocycles. The third kappa shape index (κ3) is 1.94. The minimum absolute atomic E-state index is 0.0712.